The first-order chi connectivity index (χ1) is 12.4. The van der Waals surface area contributed by atoms with E-state index in [1.165, 1.54) is 11.6 Å². The van der Waals surface area contributed by atoms with Crippen molar-refractivity contribution in [2.24, 2.45) is 0 Å². The molecule has 4 nitrogen and oxygen atoms in total. The Bertz CT molecular complexity index is 938. The molecule has 146 valence electrons. The van der Waals surface area contributed by atoms with Crippen LogP contribution in [-0.4, -0.2) is 21.0 Å². The van der Waals surface area contributed by atoms with Crippen molar-refractivity contribution in [2.75, 3.05) is 6.61 Å². The van der Waals surface area contributed by atoms with E-state index in [1.54, 1.807) is 26.0 Å². The molecular weight excluding hydrogens is 360 g/mol. The standard InChI is InChI=1S/C22H28O4S/c1-7-26-20(23)14-16(2)10-13-27(24,25)17-8-9-18-19(15-17)22(5,6)12-11-21(18,3)4/h8-9,14-15H,7,11-12H2,1-6H3/b16-14+. The fourth-order valence-electron chi connectivity index (χ4n) is 3.34. The average molecular weight is 389 g/mol. The molecule has 0 fully saturated rings. The van der Waals surface area contributed by atoms with Crippen LogP contribution in [0.15, 0.2) is 34.7 Å². The lowest BCUT2D eigenvalue weighted by atomic mass is 9.63. The monoisotopic (exact) mass is 388 g/mol. The summed E-state index contributed by atoms with van der Waals surface area (Å²) in [6.07, 6.45) is 3.27. The van der Waals surface area contributed by atoms with Gasteiger partial charge < -0.3 is 4.74 Å². The van der Waals surface area contributed by atoms with Crippen LogP contribution in [0.5, 0.6) is 0 Å². The van der Waals surface area contributed by atoms with Crippen molar-refractivity contribution >= 4 is 15.8 Å². The van der Waals surface area contributed by atoms with Crippen LogP contribution in [-0.2, 0) is 30.2 Å². The zero-order valence-electron chi connectivity index (χ0n) is 17.0. The second-order valence-corrected chi connectivity index (χ2v) is 9.97. The number of carbonyl (C=O) groups excluding carboxylic acids is 1. The number of allylic oxidation sites excluding steroid dienone is 1. The first-order valence-corrected chi connectivity index (χ1v) is 10.7. The molecule has 0 unspecified atom stereocenters. The summed E-state index contributed by atoms with van der Waals surface area (Å²) < 4.78 is 30.2. The third kappa shape index (κ3) is 4.81. The molecule has 0 saturated carbocycles. The summed E-state index contributed by atoms with van der Waals surface area (Å²) >= 11 is 0. The van der Waals surface area contributed by atoms with Crippen LogP contribution in [0.1, 0.15) is 65.5 Å². The van der Waals surface area contributed by atoms with E-state index in [1.807, 2.05) is 6.07 Å². The largest absolute Gasteiger partial charge is 0.463 e. The van der Waals surface area contributed by atoms with Gasteiger partial charge in [0.25, 0.3) is 0 Å². The summed E-state index contributed by atoms with van der Waals surface area (Å²) in [5, 5.41) is 2.32. The van der Waals surface area contributed by atoms with Crippen molar-refractivity contribution in [3.05, 3.63) is 41.0 Å². The number of hydrogen-bond acceptors (Lipinski definition) is 4. The summed E-state index contributed by atoms with van der Waals surface area (Å²) in [6, 6.07) is 5.33. The molecule has 27 heavy (non-hydrogen) atoms. The molecule has 0 spiro atoms. The molecule has 1 aliphatic rings. The Morgan fingerprint density at radius 1 is 1.15 bits per heavy atom. The molecule has 0 radical (unpaired) electrons. The van der Waals surface area contributed by atoms with Crippen molar-refractivity contribution in [3.8, 4) is 11.2 Å². The van der Waals surface area contributed by atoms with E-state index in [-0.39, 0.29) is 22.3 Å². The van der Waals surface area contributed by atoms with Gasteiger partial charge in [0.05, 0.1) is 11.5 Å². The Balaban J connectivity index is 2.42. The van der Waals surface area contributed by atoms with Gasteiger partial charge in [0, 0.05) is 16.9 Å². The molecule has 0 heterocycles. The molecule has 0 bridgehead atoms. The SMILES string of the molecule is CCOC(=O)/C=C(\C)C#CS(=O)(=O)c1ccc2c(c1)C(C)(C)CCC2(C)C. The smallest absolute Gasteiger partial charge is 0.331 e. The van der Waals surface area contributed by atoms with Crippen LogP contribution < -0.4 is 0 Å². The lowest BCUT2D eigenvalue weighted by Gasteiger charge is -2.41. The van der Waals surface area contributed by atoms with Gasteiger partial charge >= 0.3 is 5.97 Å². The predicted molar refractivity (Wildman–Crippen MR) is 107 cm³/mol. The van der Waals surface area contributed by atoms with E-state index in [9.17, 15) is 13.2 Å². The maximum Gasteiger partial charge on any atom is 0.331 e. The molecule has 0 N–H and O–H groups in total. The molecular formula is C22H28O4S. The normalized spacial score (nSPS) is 18.1. The molecule has 0 saturated heterocycles. The summed E-state index contributed by atoms with van der Waals surface area (Å²) in [4.78, 5) is 11.6. The number of benzene rings is 1. The lowest BCUT2D eigenvalue weighted by molar-refractivity contribution is -0.137. The van der Waals surface area contributed by atoms with Crippen LogP contribution in [0.4, 0.5) is 0 Å². The highest BCUT2D eigenvalue weighted by molar-refractivity contribution is 7.96. The predicted octanol–water partition coefficient (Wildman–Crippen LogP) is 4.28. The first-order valence-electron chi connectivity index (χ1n) is 9.17. The zero-order chi connectivity index (χ0) is 20.5. The Morgan fingerprint density at radius 3 is 2.33 bits per heavy atom. The molecule has 1 aromatic rings. The number of hydrogen-bond donors (Lipinski definition) is 0. The van der Waals surface area contributed by atoms with Crippen molar-refractivity contribution in [1.29, 1.82) is 0 Å². The van der Waals surface area contributed by atoms with Gasteiger partial charge in [-0.2, -0.15) is 0 Å². The van der Waals surface area contributed by atoms with Gasteiger partial charge in [0.1, 0.15) is 0 Å². The summed E-state index contributed by atoms with van der Waals surface area (Å²) in [6.45, 7) is 12.2. The molecule has 5 heteroatoms. The Labute approximate surface area is 162 Å². The Morgan fingerprint density at radius 2 is 1.74 bits per heavy atom. The number of rotatable bonds is 3. The van der Waals surface area contributed by atoms with Crippen molar-refractivity contribution in [1.82, 2.24) is 0 Å². The number of sulfone groups is 1. The molecule has 1 aromatic carbocycles. The van der Waals surface area contributed by atoms with E-state index in [0.29, 0.717) is 5.57 Å². The highest BCUT2D eigenvalue weighted by Crippen LogP contribution is 2.46. The highest BCUT2D eigenvalue weighted by Gasteiger charge is 2.37. The minimum Gasteiger partial charge on any atom is -0.463 e. The second kappa shape index (κ2) is 7.52. The van der Waals surface area contributed by atoms with Gasteiger partial charge in [0.2, 0.25) is 9.84 Å². The quantitative estimate of drug-likeness (QED) is 0.336. The fraction of sp³-hybridized carbons (Fsp3) is 0.500. The Kier molecular flexibility index (Phi) is 5.91. The lowest BCUT2D eigenvalue weighted by Crippen LogP contribution is -2.34. The number of ether oxygens (including phenoxy) is 1. The van der Waals surface area contributed by atoms with Crippen LogP contribution in [0.3, 0.4) is 0 Å². The third-order valence-corrected chi connectivity index (χ3v) is 6.38. The molecule has 0 amide bonds. The molecule has 0 aromatic heterocycles. The van der Waals surface area contributed by atoms with Gasteiger partial charge in [-0.3, -0.25) is 0 Å². The van der Waals surface area contributed by atoms with Gasteiger partial charge in [-0.1, -0.05) is 39.7 Å². The van der Waals surface area contributed by atoms with Crippen LogP contribution in [0.2, 0.25) is 0 Å². The van der Waals surface area contributed by atoms with Gasteiger partial charge in [0.15, 0.2) is 0 Å². The van der Waals surface area contributed by atoms with Crippen LogP contribution >= 0.6 is 0 Å². The van der Waals surface area contributed by atoms with Crippen LogP contribution in [0, 0.1) is 11.2 Å². The number of carbonyl (C=O) groups is 1. The second-order valence-electron chi connectivity index (χ2n) is 8.29. The van der Waals surface area contributed by atoms with E-state index >= 15 is 0 Å². The summed E-state index contributed by atoms with van der Waals surface area (Å²) in [7, 11) is -3.78. The number of fused-ring (bicyclic) bond motifs is 1. The number of esters is 1. The topological polar surface area (TPSA) is 60.4 Å². The summed E-state index contributed by atoms with van der Waals surface area (Å²) in [5.74, 6) is 2.02. The van der Waals surface area contributed by atoms with Gasteiger partial charge in [-0.05, 0) is 60.8 Å². The van der Waals surface area contributed by atoms with Crippen molar-refractivity contribution in [2.45, 2.75) is 70.1 Å². The van der Waals surface area contributed by atoms with Crippen molar-refractivity contribution < 1.29 is 17.9 Å². The zero-order valence-corrected chi connectivity index (χ0v) is 17.8. The van der Waals surface area contributed by atoms with Gasteiger partial charge in [-0.25, -0.2) is 13.2 Å². The average Bonchev–Trinajstić information content (AvgIpc) is 2.57. The van der Waals surface area contributed by atoms with E-state index in [0.717, 1.165) is 18.4 Å². The van der Waals surface area contributed by atoms with E-state index < -0.39 is 15.8 Å². The first kappa shape index (κ1) is 21.2. The third-order valence-electron chi connectivity index (χ3n) is 5.14. The summed E-state index contributed by atoms with van der Waals surface area (Å²) in [5.41, 5.74) is 2.56. The minimum absolute atomic E-state index is 0.0256. The van der Waals surface area contributed by atoms with Crippen molar-refractivity contribution in [3.63, 3.8) is 0 Å². The molecule has 0 atom stereocenters. The minimum atomic E-state index is -3.78. The molecule has 0 aliphatic heterocycles. The highest BCUT2D eigenvalue weighted by atomic mass is 32.2. The maximum atomic E-state index is 12.7. The van der Waals surface area contributed by atoms with E-state index in [4.69, 9.17) is 4.74 Å². The van der Waals surface area contributed by atoms with Crippen LogP contribution in [0.25, 0.3) is 0 Å². The molecule has 1 aliphatic carbocycles. The fourth-order valence-corrected chi connectivity index (χ4v) is 4.27. The van der Waals surface area contributed by atoms with Gasteiger partial charge in [-0.15, -0.1) is 0 Å². The maximum absolute atomic E-state index is 12.7. The Hall–Kier alpha value is -2.06. The van der Waals surface area contributed by atoms with E-state index in [2.05, 4.69) is 38.9 Å². The molecule has 2 rings (SSSR count).